The Kier molecular flexibility index (Phi) is 4.25. The molecule has 1 saturated heterocycles. The van der Waals surface area contributed by atoms with E-state index in [1.165, 1.54) is 12.8 Å². The molecule has 1 atom stereocenters. The third kappa shape index (κ3) is 2.95. The quantitative estimate of drug-likeness (QED) is 0.887. The number of hydrogen-bond donors (Lipinski definition) is 2. The van der Waals surface area contributed by atoms with Crippen LogP contribution in [-0.4, -0.2) is 41.5 Å². The second-order valence-electron chi connectivity index (χ2n) is 5.79. The number of nitrogens with zero attached hydrogens (tertiary/aromatic N) is 1. The number of fused-ring (bicyclic) bond motifs is 1. The van der Waals surface area contributed by atoms with Crippen molar-refractivity contribution in [1.29, 1.82) is 0 Å². The molecule has 1 fully saturated rings. The van der Waals surface area contributed by atoms with Gasteiger partial charge in [0, 0.05) is 36.2 Å². The number of rotatable bonds is 5. The van der Waals surface area contributed by atoms with Gasteiger partial charge in [-0.2, -0.15) is 0 Å². The lowest BCUT2D eigenvalue weighted by molar-refractivity contribution is 0.0744. The zero-order valence-electron chi connectivity index (χ0n) is 12.6. The van der Waals surface area contributed by atoms with Crippen molar-refractivity contribution in [2.24, 2.45) is 0 Å². The molecule has 0 aliphatic carbocycles. The fourth-order valence-electron chi connectivity index (χ4n) is 3.14. The molecule has 1 unspecified atom stereocenters. The molecule has 2 heterocycles. The number of benzene rings is 1. The van der Waals surface area contributed by atoms with Gasteiger partial charge in [0.15, 0.2) is 0 Å². The first kappa shape index (κ1) is 14.1. The van der Waals surface area contributed by atoms with Crippen LogP contribution in [0.2, 0.25) is 0 Å². The Bertz CT molecular complexity index is 613. The molecule has 0 spiro atoms. The maximum atomic E-state index is 12.9. The van der Waals surface area contributed by atoms with Crippen molar-refractivity contribution in [3.63, 3.8) is 0 Å². The predicted octanol–water partition coefficient (Wildman–Crippen LogP) is 2.77. The molecule has 1 aromatic carbocycles. The van der Waals surface area contributed by atoms with Crippen molar-refractivity contribution in [3.05, 3.63) is 36.0 Å². The molecular formula is C17H23N3O. The summed E-state index contributed by atoms with van der Waals surface area (Å²) in [6, 6.07) is 8.44. The lowest BCUT2D eigenvalue weighted by Gasteiger charge is -2.25. The molecule has 1 aromatic heterocycles. The minimum Gasteiger partial charge on any atom is -0.360 e. The molecule has 1 aliphatic heterocycles. The van der Waals surface area contributed by atoms with E-state index in [0.29, 0.717) is 6.04 Å². The molecule has 0 radical (unpaired) electrons. The zero-order valence-corrected chi connectivity index (χ0v) is 12.6. The van der Waals surface area contributed by atoms with Crippen LogP contribution in [0, 0.1) is 0 Å². The molecule has 112 valence electrons. The molecule has 2 N–H and O–H groups in total. The minimum atomic E-state index is 0.142. The molecule has 21 heavy (non-hydrogen) atoms. The van der Waals surface area contributed by atoms with Crippen LogP contribution in [0.15, 0.2) is 30.5 Å². The van der Waals surface area contributed by atoms with Gasteiger partial charge in [0.1, 0.15) is 0 Å². The van der Waals surface area contributed by atoms with Gasteiger partial charge in [0.2, 0.25) is 0 Å². The van der Waals surface area contributed by atoms with Gasteiger partial charge < -0.3 is 15.2 Å². The molecule has 0 bridgehead atoms. The van der Waals surface area contributed by atoms with Crippen LogP contribution < -0.4 is 5.32 Å². The number of nitrogens with one attached hydrogen (secondary N) is 2. The molecule has 1 amide bonds. The van der Waals surface area contributed by atoms with Crippen LogP contribution in [0.3, 0.4) is 0 Å². The normalized spacial score (nSPS) is 18.2. The molecule has 2 aromatic rings. The zero-order chi connectivity index (χ0) is 14.7. The first-order valence-corrected chi connectivity index (χ1v) is 7.88. The molecular weight excluding hydrogens is 262 g/mol. The third-order valence-corrected chi connectivity index (χ3v) is 4.20. The number of amides is 1. The summed E-state index contributed by atoms with van der Waals surface area (Å²) in [6.45, 7) is 4.83. The number of aromatic amines is 1. The van der Waals surface area contributed by atoms with Crippen LogP contribution in [-0.2, 0) is 0 Å². The number of para-hydroxylation sites is 1. The van der Waals surface area contributed by atoms with Gasteiger partial charge in [0.05, 0.1) is 5.56 Å². The first-order valence-electron chi connectivity index (χ1n) is 7.88. The van der Waals surface area contributed by atoms with E-state index in [0.717, 1.165) is 42.5 Å². The van der Waals surface area contributed by atoms with E-state index < -0.39 is 0 Å². The maximum absolute atomic E-state index is 12.9. The monoisotopic (exact) mass is 285 g/mol. The molecule has 0 saturated carbocycles. The first-order chi connectivity index (χ1) is 10.3. The summed E-state index contributed by atoms with van der Waals surface area (Å²) < 4.78 is 0. The van der Waals surface area contributed by atoms with Crippen molar-refractivity contribution >= 4 is 16.8 Å². The third-order valence-electron chi connectivity index (χ3n) is 4.20. The molecule has 3 rings (SSSR count). The van der Waals surface area contributed by atoms with Crippen molar-refractivity contribution < 1.29 is 4.79 Å². The highest BCUT2D eigenvalue weighted by molar-refractivity contribution is 6.06. The standard InChI is InChI=1S/C17H23N3O/c1-2-10-20(12-13-6-5-9-18-13)17(21)15-11-19-16-8-4-3-7-14(15)16/h3-4,7-8,11,13,18-19H,2,5-6,9-10,12H2,1H3. The number of H-pyrrole nitrogens is 1. The van der Waals surface area contributed by atoms with Gasteiger partial charge in [-0.1, -0.05) is 25.1 Å². The Labute approximate surface area is 125 Å². The second kappa shape index (κ2) is 6.31. The van der Waals surface area contributed by atoms with Crippen molar-refractivity contribution in [2.45, 2.75) is 32.2 Å². The number of carbonyl (C=O) groups is 1. The van der Waals surface area contributed by atoms with Crippen molar-refractivity contribution in [1.82, 2.24) is 15.2 Å². The van der Waals surface area contributed by atoms with Crippen LogP contribution in [0.1, 0.15) is 36.5 Å². The SMILES string of the molecule is CCCN(CC1CCCN1)C(=O)c1c[nH]c2ccccc12. The average Bonchev–Trinajstić information content (AvgIpc) is 3.15. The van der Waals surface area contributed by atoms with E-state index in [9.17, 15) is 4.79 Å². The largest absolute Gasteiger partial charge is 0.360 e. The van der Waals surface area contributed by atoms with Gasteiger partial charge >= 0.3 is 0 Å². The smallest absolute Gasteiger partial charge is 0.256 e. The Morgan fingerprint density at radius 2 is 2.24 bits per heavy atom. The Balaban J connectivity index is 1.82. The van der Waals surface area contributed by atoms with E-state index in [1.807, 2.05) is 35.4 Å². The number of hydrogen-bond acceptors (Lipinski definition) is 2. The average molecular weight is 285 g/mol. The van der Waals surface area contributed by atoms with E-state index in [2.05, 4.69) is 17.2 Å². The molecule has 4 nitrogen and oxygen atoms in total. The van der Waals surface area contributed by atoms with Crippen LogP contribution in [0.25, 0.3) is 10.9 Å². The lowest BCUT2D eigenvalue weighted by atomic mass is 10.1. The Morgan fingerprint density at radius 3 is 3.00 bits per heavy atom. The molecule has 4 heteroatoms. The van der Waals surface area contributed by atoms with Gasteiger partial charge in [-0.15, -0.1) is 0 Å². The van der Waals surface area contributed by atoms with Crippen LogP contribution >= 0.6 is 0 Å². The highest BCUT2D eigenvalue weighted by Gasteiger charge is 2.23. The summed E-state index contributed by atoms with van der Waals surface area (Å²) in [6.07, 6.45) is 5.21. The van der Waals surface area contributed by atoms with Gasteiger partial charge in [0.25, 0.3) is 5.91 Å². The summed E-state index contributed by atoms with van der Waals surface area (Å²) in [5.74, 6) is 0.142. The summed E-state index contributed by atoms with van der Waals surface area (Å²) >= 11 is 0. The highest BCUT2D eigenvalue weighted by Crippen LogP contribution is 2.20. The number of aromatic nitrogens is 1. The predicted molar refractivity (Wildman–Crippen MR) is 85.5 cm³/mol. The van der Waals surface area contributed by atoms with Crippen LogP contribution in [0.5, 0.6) is 0 Å². The minimum absolute atomic E-state index is 0.142. The summed E-state index contributed by atoms with van der Waals surface area (Å²) in [5, 5.41) is 4.50. The van der Waals surface area contributed by atoms with Crippen molar-refractivity contribution in [3.8, 4) is 0 Å². The van der Waals surface area contributed by atoms with E-state index >= 15 is 0 Å². The van der Waals surface area contributed by atoms with Gasteiger partial charge in [-0.3, -0.25) is 4.79 Å². The number of carbonyl (C=O) groups excluding carboxylic acids is 1. The van der Waals surface area contributed by atoms with E-state index in [1.54, 1.807) is 0 Å². The fraction of sp³-hybridized carbons (Fsp3) is 0.471. The Morgan fingerprint density at radius 1 is 1.38 bits per heavy atom. The summed E-state index contributed by atoms with van der Waals surface area (Å²) in [4.78, 5) is 18.1. The summed E-state index contributed by atoms with van der Waals surface area (Å²) in [5.41, 5.74) is 1.81. The van der Waals surface area contributed by atoms with Crippen molar-refractivity contribution in [2.75, 3.05) is 19.6 Å². The Hall–Kier alpha value is -1.81. The topological polar surface area (TPSA) is 48.1 Å². The van der Waals surface area contributed by atoms with Crippen LogP contribution in [0.4, 0.5) is 0 Å². The fourth-order valence-corrected chi connectivity index (χ4v) is 3.14. The van der Waals surface area contributed by atoms with E-state index in [4.69, 9.17) is 0 Å². The van der Waals surface area contributed by atoms with Gasteiger partial charge in [-0.25, -0.2) is 0 Å². The van der Waals surface area contributed by atoms with E-state index in [-0.39, 0.29) is 5.91 Å². The summed E-state index contributed by atoms with van der Waals surface area (Å²) in [7, 11) is 0. The lowest BCUT2D eigenvalue weighted by Crippen LogP contribution is -2.41. The molecule has 1 aliphatic rings. The maximum Gasteiger partial charge on any atom is 0.256 e. The second-order valence-corrected chi connectivity index (χ2v) is 5.79. The van der Waals surface area contributed by atoms with Gasteiger partial charge in [-0.05, 0) is 31.9 Å². The highest BCUT2D eigenvalue weighted by atomic mass is 16.2.